The summed E-state index contributed by atoms with van der Waals surface area (Å²) in [6, 6.07) is -12.1. The van der Waals surface area contributed by atoms with Gasteiger partial charge >= 0.3 is 5.97 Å². The summed E-state index contributed by atoms with van der Waals surface area (Å²) < 4.78 is 0. The van der Waals surface area contributed by atoms with Crippen molar-refractivity contribution in [1.29, 1.82) is 0 Å². The molecule has 2 heterocycles. The van der Waals surface area contributed by atoms with Gasteiger partial charge in [-0.1, -0.05) is 0 Å². The summed E-state index contributed by atoms with van der Waals surface area (Å²) in [6.07, 6.45) is -3.18. The number of amides is 12. The molecule has 0 unspecified atom stereocenters. The third-order valence-electron chi connectivity index (χ3n) is 11.1. The molecule has 402 valence electrons. The zero-order chi connectivity index (χ0) is 54.4. The molecule has 12 amide bonds. The topological polar surface area (TPSA) is 542 Å². The number of rotatable bonds is 30. The van der Waals surface area contributed by atoms with Gasteiger partial charge in [0.2, 0.25) is 70.9 Å². The summed E-state index contributed by atoms with van der Waals surface area (Å²) in [6.45, 7) is -1.28. The molecule has 0 aromatic rings. The molecule has 0 saturated carbocycles. The first-order chi connectivity index (χ1) is 33.8. The highest BCUT2D eigenvalue weighted by Crippen LogP contribution is 2.21. The average Bonchev–Trinajstić information content (AvgIpc) is 4.01. The van der Waals surface area contributed by atoms with Crippen molar-refractivity contribution in [1.82, 2.24) is 47.0 Å². The van der Waals surface area contributed by atoms with Gasteiger partial charge in [0, 0.05) is 26.1 Å². The van der Waals surface area contributed by atoms with Crippen molar-refractivity contribution in [2.24, 2.45) is 39.4 Å². The Hall–Kier alpha value is -7.74. The van der Waals surface area contributed by atoms with Gasteiger partial charge in [0.05, 0.1) is 38.6 Å². The smallest absolute Gasteiger partial charge is 0.326 e. The molecular formula is C40H66N16O16. The molecule has 0 aromatic carbocycles. The van der Waals surface area contributed by atoms with E-state index in [1.54, 1.807) is 0 Å². The SMILES string of the molecule is C[C@@H](O)[C@H](N)C(=O)NCC(=O)N[C@@H](CC(N)=O)C(=O)N[C@@H](CCC(N)=O)C(=O)N[C@@H](CC(N)=O)C(=O)N1CCC[C@H]1C(=O)NCC(=O)N[C@@H](CO)C(=O)N1CCC[C@H]1C(=O)N[C@@H](CCCN=C(N)N)C(=O)O. The molecule has 0 aliphatic carbocycles. The third-order valence-corrected chi connectivity index (χ3v) is 11.1. The van der Waals surface area contributed by atoms with E-state index >= 15 is 0 Å². The lowest BCUT2D eigenvalue weighted by Gasteiger charge is -2.30. The first kappa shape index (κ1) is 60.4. The summed E-state index contributed by atoms with van der Waals surface area (Å²) in [7, 11) is 0. The van der Waals surface area contributed by atoms with Crippen LogP contribution < -0.4 is 71.6 Å². The standard InChI is InChI=1S/C40H66N16O16/c1-18(58)31(44)36(68)49-16-29(62)50-21(13-27(42)60)33(65)52-19(8-9-26(41)59)32(64)54-22(14-28(43)61)37(69)55-11-3-6-24(55)34(66)48-15-30(63)51-23(17-57)38(70)56-12-4-7-25(56)35(67)53-20(39(71)72)5-2-10-47-40(45)46/h18-25,31,57-58H,2-17,44H2,1H3,(H2,41,59)(H2,42,60)(H2,43,61)(H,48,66)(H,49,68)(H,50,62)(H,51,63)(H,52,65)(H,53,67)(H,54,64)(H,71,72)(H4,45,46,47)/t18-,19+,20+,21+,22+,23+,24+,25+,31+/m1/s1. The van der Waals surface area contributed by atoms with Gasteiger partial charge in [-0.2, -0.15) is 0 Å². The lowest BCUT2D eigenvalue weighted by Crippen LogP contribution is -2.59. The molecule has 32 heteroatoms. The Morgan fingerprint density at radius 1 is 0.611 bits per heavy atom. The molecule has 22 N–H and O–H groups in total. The van der Waals surface area contributed by atoms with Crippen molar-refractivity contribution in [2.45, 2.75) is 126 Å². The van der Waals surface area contributed by atoms with E-state index in [0.717, 1.165) is 9.80 Å². The number of carboxylic acids is 1. The van der Waals surface area contributed by atoms with Crippen LogP contribution in [0.25, 0.3) is 0 Å². The molecule has 0 bridgehead atoms. The molecule has 2 aliphatic rings. The van der Waals surface area contributed by atoms with Gasteiger partial charge in [-0.05, 0) is 51.9 Å². The van der Waals surface area contributed by atoms with Crippen LogP contribution in [0.1, 0.15) is 71.1 Å². The fraction of sp³-hybridized carbons (Fsp3) is 0.650. The summed E-state index contributed by atoms with van der Waals surface area (Å²) >= 11 is 0. The highest BCUT2D eigenvalue weighted by atomic mass is 16.4. The molecule has 9 atom stereocenters. The van der Waals surface area contributed by atoms with Crippen molar-refractivity contribution < 1.29 is 77.6 Å². The predicted octanol–water partition coefficient (Wildman–Crippen LogP) is -10.5. The average molecular weight is 1030 g/mol. The van der Waals surface area contributed by atoms with E-state index < -0.39 is 177 Å². The van der Waals surface area contributed by atoms with E-state index in [4.69, 9.17) is 34.4 Å². The lowest BCUT2D eigenvalue weighted by atomic mass is 10.1. The number of hydrogen-bond donors (Lipinski definition) is 16. The molecule has 2 aliphatic heterocycles. The van der Waals surface area contributed by atoms with Gasteiger partial charge in [-0.25, -0.2) is 4.79 Å². The Kier molecular flexibility index (Phi) is 24.7. The maximum atomic E-state index is 13.9. The molecule has 0 spiro atoms. The Balaban J connectivity index is 2.14. The van der Waals surface area contributed by atoms with Crippen LogP contribution in [0.3, 0.4) is 0 Å². The number of nitrogens with zero attached hydrogens (tertiary/aromatic N) is 3. The number of nitrogens with two attached hydrogens (primary N) is 6. The monoisotopic (exact) mass is 1030 g/mol. The normalized spacial score (nSPS) is 18.0. The molecule has 72 heavy (non-hydrogen) atoms. The van der Waals surface area contributed by atoms with E-state index in [2.05, 4.69) is 42.2 Å². The molecule has 0 radical (unpaired) electrons. The highest BCUT2D eigenvalue weighted by molar-refractivity contribution is 6.00. The number of aliphatic hydroxyl groups excluding tert-OH is 2. The first-order valence-corrected chi connectivity index (χ1v) is 22.6. The van der Waals surface area contributed by atoms with Gasteiger partial charge in [-0.3, -0.25) is 62.5 Å². The Morgan fingerprint density at radius 3 is 1.62 bits per heavy atom. The number of carbonyl (C=O) groups is 13. The highest BCUT2D eigenvalue weighted by Gasteiger charge is 2.41. The molecule has 2 fully saturated rings. The second kappa shape index (κ2) is 29.4. The number of primary amides is 3. The quantitative estimate of drug-likeness (QED) is 0.0180. The zero-order valence-corrected chi connectivity index (χ0v) is 39.5. The van der Waals surface area contributed by atoms with Gasteiger partial charge in [-0.15, -0.1) is 0 Å². The van der Waals surface area contributed by atoms with Gasteiger partial charge in [0.25, 0.3) is 0 Å². The molecule has 32 nitrogen and oxygen atoms in total. The van der Waals surface area contributed by atoms with Crippen molar-refractivity contribution >= 4 is 82.8 Å². The van der Waals surface area contributed by atoms with Crippen LogP contribution in [-0.2, 0) is 62.3 Å². The van der Waals surface area contributed by atoms with Crippen LogP contribution in [0.4, 0.5) is 0 Å². The largest absolute Gasteiger partial charge is 0.480 e. The summed E-state index contributed by atoms with van der Waals surface area (Å²) in [5.74, 6) is -13.6. The third kappa shape index (κ3) is 19.9. The van der Waals surface area contributed by atoms with Crippen molar-refractivity contribution in [3.63, 3.8) is 0 Å². The minimum absolute atomic E-state index is 0.0207. The maximum absolute atomic E-state index is 13.9. The van der Waals surface area contributed by atoms with Crippen LogP contribution in [-0.4, -0.2) is 202 Å². The minimum Gasteiger partial charge on any atom is -0.480 e. The fourth-order valence-electron chi connectivity index (χ4n) is 7.41. The minimum atomic E-state index is -1.80. The van der Waals surface area contributed by atoms with Crippen molar-refractivity contribution in [2.75, 3.05) is 39.3 Å². The van der Waals surface area contributed by atoms with E-state index in [1.165, 1.54) is 6.92 Å². The van der Waals surface area contributed by atoms with E-state index in [9.17, 15) is 77.6 Å². The van der Waals surface area contributed by atoms with Crippen LogP contribution in [0.15, 0.2) is 4.99 Å². The molecular weight excluding hydrogens is 961 g/mol. The zero-order valence-electron chi connectivity index (χ0n) is 39.5. The second-order valence-corrected chi connectivity index (χ2v) is 16.8. The van der Waals surface area contributed by atoms with Crippen molar-refractivity contribution in [3.05, 3.63) is 0 Å². The van der Waals surface area contributed by atoms with Gasteiger partial charge < -0.3 is 96.7 Å². The Morgan fingerprint density at radius 2 is 1.11 bits per heavy atom. The van der Waals surface area contributed by atoms with E-state index in [0.29, 0.717) is 6.42 Å². The number of guanidine groups is 1. The maximum Gasteiger partial charge on any atom is 0.326 e. The lowest BCUT2D eigenvalue weighted by molar-refractivity contribution is -0.145. The van der Waals surface area contributed by atoms with Gasteiger partial charge in [0.15, 0.2) is 5.96 Å². The number of hydrogen-bond acceptors (Lipinski definition) is 17. The van der Waals surface area contributed by atoms with Crippen LogP contribution in [0.5, 0.6) is 0 Å². The number of nitrogens with one attached hydrogen (secondary N) is 7. The Labute approximate surface area is 411 Å². The van der Waals surface area contributed by atoms with Crippen molar-refractivity contribution in [3.8, 4) is 0 Å². The van der Waals surface area contributed by atoms with Crippen LogP contribution in [0.2, 0.25) is 0 Å². The number of aliphatic imine (C=N–C) groups is 1. The Bertz CT molecular complexity index is 2070. The van der Waals surface area contributed by atoms with Crippen LogP contribution in [0, 0.1) is 0 Å². The second-order valence-electron chi connectivity index (χ2n) is 16.8. The fourth-order valence-corrected chi connectivity index (χ4v) is 7.41. The first-order valence-electron chi connectivity index (χ1n) is 22.6. The summed E-state index contributed by atoms with van der Waals surface area (Å²) in [4.78, 5) is 172. The summed E-state index contributed by atoms with van der Waals surface area (Å²) in [5.41, 5.74) is 32.0. The van der Waals surface area contributed by atoms with Gasteiger partial charge in [0.1, 0.15) is 48.3 Å². The predicted molar refractivity (Wildman–Crippen MR) is 245 cm³/mol. The van der Waals surface area contributed by atoms with E-state index in [1.807, 2.05) is 0 Å². The number of likely N-dealkylation sites (tertiary alicyclic amines) is 2. The number of aliphatic hydroxyl groups is 2. The molecule has 0 aromatic heterocycles. The number of aliphatic carboxylic acids is 1. The number of carbonyl (C=O) groups excluding carboxylic acids is 12. The molecule has 2 saturated heterocycles. The van der Waals surface area contributed by atoms with E-state index in [-0.39, 0.29) is 57.7 Å². The summed E-state index contributed by atoms with van der Waals surface area (Å²) in [5, 5.41) is 44.9. The van der Waals surface area contributed by atoms with Crippen LogP contribution >= 0.6 is 0 Å². The number of carboxylic acid groups (broad SMARTS) is 1. The molecule has 2 rings (SSSR count).